The number of hydrogen-bond acceptors (Lipinski definition) is 0. The lowest BCUT2D eigenvalue weighted by molar-refractivity contribution is 0.190. The first-order chi connectivity index (χ1) is 20.9. The predicted molar refractivity (Wildman–Crippen MR) is 189 cm³/mol. The van der Waals surface area contributed by atoms with Crippen molar-refractivity contribution in [2.45, 2.75) is 143 Å². The fraction of sp³-hybridized carbons (Fsp3) is 0.650. The Morgan fingerprint density at radius 1 is 0.628 bits per heavy atom. The van der Waals surface area contributed by atoms with E-state index in [0.717, 1.165) is 11.1 Å². The molecule has 8 atom stereocenters. The van der Waals surface area contributed by atoms with Crippen molar-refractivity contribution < 1.29 is 0 Å². The van der Waals surface area contributed by atoms with Crippen LogP contribution in [0.25, 0.3) is 0 Å². The van der Waals surface area contributed by atoms with Gasteiger partial charge in [0, 0.05) is 31.6 Å². The van der Waals surface area contributed by atoms with Crippen LogP contribution in [0.3, 0.4) is 0 Å². The molecule has 3 aliphatic carbocycles. The van der Waals surface area contributed by atoms with E-state index in [-0.39, 0.29) is 23.8 Å². The predicted octanol–water partition coefficient (Wildman–Crippen LogP) is 12.4. The summed E-state index contributed by atoms with van der Waals surface area (Å²) in [5.74, 6) is 3.98. The van der Waals surface area contributed by atoms with E-state index >= 15 is 0 Å². The molecule has 226 valence electrons. The first-order valence-electron chi connectivity index (χ1n) is 17.9. The van der Waals surface area contributed by atoms with E-state index in [2.05, 4.69) is 93.0 Å². The molecule has 9 rings (SSSR count). The quantitative estimate of drug-likeness (QED) is 0.235. The largest absolute Gasteiger partial charge is 0.0796 e. The Hall–Kier alpha value is -0.710. The van der Waals surface area contributed by atoms with Crippen molar-refractivity contribution in [1.29, 1.82) is 0 Å². The van der Waals surface area contributed by atoms with Crippen LogP contribution in [-0.2, 0) is 5.16 Å². The Balaban J connectivity index is 1.33. The molecule has 4 saturated heterocycles. The van der Waals surface area contributed by atoms with Crippen LogP contribution < -0.4 is 0 Å². The summed E-state index contributed by atoms with van der Waals surface area (Å²) in [4.78, 5) is 1.01. The minimum atomic E-state index is -0.390. The lowest BCUT2D eigenvalue weighted by Crippen LogP contribution is -2.45. The van der Waals surface area contributed by atoms with Crippen LogP contribution in [0, 0.1) is 27.8 Å². The van der Waals surface area contributed by atoms with Gasteiger partial charge in [-0.3, -0.25) is 0 Å². The second-order valence-corrected chi connectivity index (χ2v) is 25.0. The van der Waals surface area contributed by atoms with Gasteiger partial charge < -0.3 is 0 Å². The molecule has 4 unspecified atom stereocenters. The van der Waals surface area contributed by atoms with E-state index in [1.807, 2.05) is 0 Å². The van der Waals surface area contributed by atoms with Crippen LogP contribution in [0.4, 0.5) is 0 Å². The average molecular weight is 625 g/mol. The summed E-state index contributed by atoms with van der Waals surface area (Å²) in [6.07, 6.45) is 22.1. The molecule has 3 heteroatoms. The highest BCUT2D eigenvalue weighted by Gasteiger charge is 3.09. The van der Waals surface area contributed by atoms with Gasteiger partial charge in [-0.25, -0.2) is 0 Å². The minimum Gasteiger partial charge on any atom is -0.0796 e. The molecule has 4 aliphatic heterocycles. The van der Waals surface area contributed by atoms with Crippen LogP contribution in [0.1, 0.15) is 128 Å². The lowest BCUT2D eigenvalue weighted by Gasteiger charge is -2.57. The zero-order chi connectivity index (χ0) is 29.1. The highest BCUT2D eigenvalue weighted by Crippen LogP contribution is 3.28. The molecular weight excluding hydrogens is 573 g/mol. The normalized spacial score (nSPS) is 44.1. The monoisotopic (exact) mass is 624 g/mol. The summed E-state index contributed by atoms with van der Waals surface area (Å²) < 4.78 is 0. The van der Waals surface area contributed by atoms with E-state index < -0.39 is 0 Å². The molecule has 0 bridgehead atoms. The van der Waals surface area contributed by atoms with Gasteiger partial charge in [0.2, 0.25) is 0 Å². The van der Waals surface area contributed by atoms with Gasteiger partial charge in [0.1, 0.15) is 0 Å². The number of hydrogen-bond donors (Lipinski definition) is 0. The van der Waals surface area contributed by atoms with Crippen molar-refractivity contribution in [3.8, 4) is 11.6 Å². The Morgan fingerprint density at radius 3 is 1.77 bits per heavy atom. The zero-order valence-corrected chi connectivity index (χ0v) is 29.6. The van der Waals surface area contributed by atoms with Gasteiger partial charge in [-0.2, -0.15) is 0 Å². The molecule has 2 aromatic carbocycles. The van der Waals surface area contributed by atoms with Gasteiger partial charge >= 0.3 is 0 Å². The van der Waals surface area contributed by atoms with E-state index in [1.165, 1.54) is 102 Å². The maximum atomic E-state index is 4.45. The maximum absolute atomic E-state index is 4.45. The molecule has 0 radical (unpaired) electrons. The van der Waals surface area contributed by atoms with Crippen molar-refractivity contribution in [3.63, 3.8) is 0 Å². The Kier molecular flexibility index (Phi) is 6.41. The molecule has 0 N–H and O–H groups in total. The molecule has 0 amide bonds. The molecule has 7 fully saturated rings. The van der Waals surface area contributed by atoms with E-state index in [1.54, 1.807) is 5.56 Å². The molecule has 3 saturated carbocycles. The van der Waals surface area contributed by atoms with Crippen molar-refractivity contribution in [2.24, 2.45) is 16.2 Å². The van der Waals surface area contributed by atoms with Crippen molar-refractivity contribution >= 4 is 23.8 Å². The van der Waals surface area contributed by atoms with Gasteiger partial charge in [0.25, 0.3) is 0 Å². The van der Waals surface area contributed by atoms with Crippen LogP contribution >= 0.6 is 23.8 Å². The molecule has 43 heavy (non-hydrogen) atoms. The lowest BCUT2D eigenvalue weighted by atomic mass is 9.66. The van der Waals surface area contributed by atoms with E-state index in [9.17, 15) is 0 Å². The zero-order valence-electron chi connectivity index (χ0n) is 26.9. The van der Waals surface area contributed by atoms with Crippen molar-refractivity contribution in [2.75, 3.05) is 0 Å². The van der Waals surface area contributed by atoms with Gasteiger partial charge in [-0.1, -0.05) is 155 Å². The van der Waals surface area contributed by atoms with Crippen LogP contribution in [-0.4, -0.2) is 20.9 Å². The fourth-order valence-corrected chi connectivity index (χ4v) is 36.1. The second-order valence-electron chi connectivity index (χ2n) is 16.5. The molecular formula is C40H51P3. The summed E-state index contributed by atoms with van der Waals surface area (Å²) in [6, 6.07) is 23.5. The molecule has 2 aromatic rings. The highest BCUT2D eigenvalue weighted by molar-refractivity contribution is 8.09. The fourth-order valence-electron chi connectivity index (χ4n) is 12.7. The highest BCUT2D eigenvalue weighted by atomic mass is 31.2. The van der Waals surface area contributed by atoms with E-state index in [0.29, 0.717) is 31.2 Å². The topological polar surface area (TPSA) is 0 Å². The third kappa shape index (κ3) is 3.29. The summed E-state index contributed by atoms with van der Waals surface area (Å²) >= 11 is 0. The van der Waals surface area contributed by atoms with Crippen LogP contribution in [0.5, 0.6) is 0 Å². The third-order valence-corrected chi connectivity index (χ3v) is 30.1. The first kappa shape index (κ1) is 28.5. The summed E-state index contributed by atoms with van der Waals surface area (Å²) in [5.41, 5.74) is 10.00. The Labute approximate surface area is 265 Å². The van der Waals surface area contributed by atoms with E-state index in [4.69, 9.17) is 0 Å². The van der Waals surface area contributed by atoms with Crippen LogP contribution in [0.15, 0.2) is 60.7 Å². The number of fused-ring (bicyclic) bond motifs is 2. The van der Waals surface area contributed by atoms with Gasteiger partial charge in [-0.15, -0.1) is 0 Å². The second kappa shape index (κ2) is 9.66. The third-order valence-electron chi connectivity index (χ3n) is 14.3. The average Bonchev–Trinajstić information content (AvgIpc) is 3.85. The van der Waals surface area contributed by atoms with Crippen molar-refractivity contribution in [1.82, 2.24) is 0 Å². The SMILES string of the molecule is CC1(C2P3[C@H]4[C@@]3(C3(C)CCCCC3)P(C#Cc3ccccc3)[C@]3(C5(C)CCCCC5)P2[C@@]43c2ccccc2)CCCCC1. The van der Waals surface area contributed by atoms with Gasteiger partial charge in [0.15, 0.2) is 0 Å². The minimum absolute atomic E-state index is 0.0141. The molecule has 0 aromatic heterocycles. The smallest absolute Gasteiger partial charge is 0.0436 e. The molecule has 4 heterocycles. The van der Waals surface area contributed by atoms with Crippen LogP contribution in [0.2, 0.25) is 0 Å². The Bertz CT molecular complexity index is 1450. The Morgan fingerprint density at radius 2 is 1.16 bits per heavy atom. The number of benzene rings is 2. The summed E-state index contributed by atoms with van der Waals surface area (Å²) in [7, 11) is -0.450. The molecule has 0 nitrogen and oxygen atoms in total. The first-order valence-corrected chi connectivity index (χ1v) is 22.2. The maximum Gasteiger partial charge on any atom is 0.0436 e. The standard InChI is InChI=1S/C40H51P3/c1-35(24-13-6-14-25-35)34-42-33-38(32-21-11-5-12-22-32)40(43(34)38,37(3)28-17-8-18-29-37)41(30-23-31-19-9-4-10-20-31)39(33,42)36(2)26-15-7-16-27-36/h4-5,9-12,19-22,33-34H,6-8,13-18,24-29H2,1-3H3/t33-,34?,38+,39-,40-,41?,42?,43?/m1/s1. The van der Waals surface area contributed by atoms with Crippen molar-refractivity contribution in [3.05, 3.63) is 71.8 Å². The molecule has 7 aliphatic rings. The van der Waals surface area contributed by atoms with Gasteiger partial charge in [0.05, 0.1) is 0 Å². The summed E-state index contributed by atoms with van der Waals surface area (Å²) in [6.45, 7) is 8.53. The van der Waals surface area contributed by atoms with Gasteiger partial charge in [-0.05, 0) is 80.4 Å². The summed E-state index contributed by atoms with van der Waals surface area (Å²) in [5, 5.41) is 1.50. The molecule has 0 spiro atoms. The number of rotatable bonds is 4.